The molecule has 0 saturated carbocycles. The first-order valence-electron chi connectivity index (χ1n) is 5.80. The zero-order chi connectivity index (χ0) is 12.9. The summed E-state index contributed by atoms with van der Waals surface area (Å²) in [5.41, 5.74) is 0. The van der Waals surface area contributed by atoms with E-state index in [9.17, 15) is 4.79 Å². The number of esters is 1. The highest BCUT2D eigenvalue weighted by Crippen LogP contribution is 1.94. The van der Waals surface area contributed by atoms with Crippen LogP contribution in [-0.2, 0) is 23.7 Å². The fourth-order valence-corrected chi connectivity index (χ4v) is 0.967. The van der Waals surface area contributed by atoms with Crippen LogP contribution in [0.4, 0.5) is 0 Å². The third kappa shape index (κ3) is 11.4. The van der Waals surface area contributed by atoms with Gasteiger partial charge in [-0.05, 0) is 13.3 Å². The molecule has 0 rings (SSSR count). The van der Waals surface area contributed by atoms with Gasteiger partial charge in [0.15, 0.2) is 6.29 Å². The highest BCUT2D eigenvalue weighted by atomic mass is 16.7. The Balaban J connectivity index is 3.17. The smallest absolute Gasteiger partial charge is 0.330 e. The summed E-state index contributed by atoms with van der Waals surface area (Å²) in [4.78, 5) is 10.7. The maximum atomic E-state index is 10.7. The average Bonchev–Trinajstić information content (AvgIpc) is 2.34. The van der Waals surface area contributed by atoms with Crippen molar-refractivity contribution in [3.8, 4) is 0 Å². The Hall–Kier alpha value is -0.910. The quantitative estimate of drug-likeness (QED) is 0.239. The Labute approximate surface area is 103 Å². The van der Waals surface area contributed by atoms with Crippen molar-refractivity contribution in [2.45, 2.75) is 26.6 Å². The third-order valence-electron chi connectivity index (χ3n) is 1.78. The summed E-state index contributed by atoms with van der Waals surface area (Å²) in [6, 6.07) is 0. The summed E-state index contributed by atoms with van der Waals surface area (Å²) >= 11 is 0. The SMILES string of the molecule is C=CC(=O)OCCOCCOC(C)OCCC. The van der Waals surface area contributed by atoms with Gasteiger partial charge in [-0.1, -0.05) is 13.5 Å². The summed E-state index contributed by atoms with van der Waals surface area (Å²) in [7, 11) is 0. The van der Waals surface area contributed by atoms with Crippen molar-refractivity contribution in [1.82, 2.24) is 0 Å². The number of carbonyl (C=O) groups excluding carboxylic acids is 1. The van der Waals surface area contributed by atoms with Crippen LogP contribution in [0, 0.1) is 0 Å². The Morgan fingerprint density at radius 1 is 1.18 bits per heavy atom. The molecule has 1 unspecified atom stereocenters. The van der Waals surface area contributed by atoms with Crippen LogP contribution >= 0.6 is 0 Å². The lowest BCUT2D eigenvalue weighted by Gasteiger charge is -2.13. The lowest BCUT2D eigenvalue weighted by atomic mass is 10.5. The molecule has 5 heteroatoms. The first kappa shape index (κ1) is 16.1. The minimum atomic E-state index is -0.438. The van der Waals surface area contributed by atoms with Crippen molar-refractivity contribution in [3.63, 3.8) is 0 Å². The standard InChI is InChI=1S/C12H22O5/c1-4-6-15-11(3)16-9-7-14-8-10-17-12(13)5-2/h5,11H,2,4,6-10H2,1,3H3. The van der Waals surface area contributed by atoms with Gasteiger partial charge in [0.1, 0.15) is 6.61 Å². The zero-order valence-electron chi connectivity index (χ0n) is 10.6. The molecular weight excluding hydrogens is 224 g/mol. The van der Waals surface area contributed by atoms with Gasteiger partial charge >= 0.3 is 5.97 Å². The summed E-state index contributed by atoms with van der Waals surface area (Å²) in [5, 5.41) is 0. The minimum absolute atomic E-state index is 0.211. The summed E-state index contributed by atoms with van der Waals surface area (Å²) in [6.45, 7) is 9.36. The summed E-state index contributed by atoms with van der Waals surface area (Å²) in [6.07, 6.45) is 1.88. The first-order valence-corrected chi connectivity index (χ1v) is 5.80. The summed E-state index contributed by atoms with van der Waals surface area (Å²) in [5.74, 6) is -0.438. The van der Waals surface area contributed by atoms with Crippen molar-refractivity contribution in [1.29, 1.82) is 0 Å². The monoisotopic (exact) mass is 246 g/mol. The molecule has 0 bridgehead atoms. The molecule has 0 heterocycles. The number of rotatable bonds is 11. The molecule has 0 aliphatic rings. The van der Waals surface area contributed by atoms with Crippen LogP contribution in [0.25, 0.3) is 0 Å². The first-order chi connectivity index (χ1) is 8.20. The molecule has 17 heavy (non-hydrogen) atoms. The topological polar surface area (TPSA) is 54.0 Å². The fraction of sp³-hybridized carbons (Fsp3) is 0.750. The van der Waals surface area contributed by atoms with Crippen LogP contribution in [0.1, 0.15) is 20.3 Å². The molecule has 1 atom stereocenters. The maximum Gasteiger partial charge on any atom is 0.330 e. The molecule has 0 aliphatic carbocycles. The fourth-order valence-electron chi connectivity index (χ4n) is 0.967. The van der Waals surface area contributed by atoms with E-state index >= 15 is 0 Å². The number of carbonyl (C=O) groups is 1. The van der Waals surface area contributed by atoms with Gasteiger partial charge in [0.05, 0.1) is 19.8 Å². The van der Waals surface area contributed by atoms with Crippen molar-refractivity contribution < 1.29 is 23.7 Å². The molecule has 0 radical (unpaired) electrons. The van der Waals surface area contributed by atoms with Gasteiger partial charge < -0.3 is 18.9 Å². The van der Waals surface area contributed by atoms with E-state index in [1.807, 2.05) is 13.8 Å². The average molecular weight is 246 g/mol. The zero-order valence-corrected chi connectivity index (χ0v) is 10.6. The van der Waals surface area contributed by atoms with Gasteiger partial charge in [-0.2, -0.15) is 0 Å². The molecule has 0 aromatic heterocycles. The molecule has 0 amide bonds. The van der Waals surface area contributed by atoms with Crippen molar-refractivity contribution in [2.24, 2.45) is 0 Å². The van der Waals surface area contributed by atoms with Crippen LogP contribution in [0.3, 0.4) is 0 Å². The second-order valence-electron chi connectivity index (χ2n) is 3.29. The van der Waals surface area contributed by atoms with E-state index in [1.165, 1.54) is 0 Å². The molecular formula is C12H22O5. The Bertz CT molecular complexity index is 205. The predicted octanol–water partition coefficient (Wildman–Crippen LogP) is 1.52. The molecule has 0 aromatic rings. The maximum absolute atomic E-state index is 10.7. The Morgan fingerprint density at radius 3 is 2.47 bits per heavy atom. The highest BCUT2D eigenvalue weighted by Gasteiger charge is 2.00. The highest BCUT2D eigenvalue weighted by molar-refractivity contribution is 5.81. The van der Waals surface area contributed by atoms with Gasteiger partial charge in [-0.3, -0.25) is 0 Å². The van der Waals surface area contributed by atoms with E-state index in [4.69, 9.17) is 18.9 Å². The molecule has 0 N–H and O–H groups in total. The van der Waals surface area contributed by atoms with E-state index in [0.29, 0.717) is 26.4 Å². The molecule has 0 fully saturated rings. The molecule has 0 aliphatic heterocycles. The lowest BCUT2D eigenvalue weighted by Crippen LogP contribution is -2.17. The summed E-state index contributed by atoms with van der Waals surface area (Å²) < 4.78 is 20.5. The van der Waals surface area contributed by atoms with Crippen molar-refractivity contribution >= 4 is 5.97 Å². The van der Waals surface area contributed by atoms with Gasteiger partial charge in [0, 0.05) is 12.7 Å². The van der Waals surface area contributed by atoms with E-state index in [0.717, 1.165) is 12.5 Å². The Kier molecular flexibility index (Phi) is 11.0. The van der Waals surface area contributed by atoms with Crippen LogP contribution in [0.2, 0.25) is 0 Å². The second-order valence-corrected chi connectivity index (χ2v) is 3.29. The predicted molar refractivity (Wildman–Crippen MR) is 63.6 cm³/mol. The molecule has 100 valence electrons. The third-order valence-corrected chi connectivity index (χ3v) is 1.78. The van der Waals surface area contributed by atoms with Gasteiger partial charge in [-0.25, -0.2) is 4.79 Å². The van der Waals surface area contributed by atoms with Gasteiger partial charge in [-0.15, -0.1) is 0 Å². The van der Waals surface area contributed by atoms with Crippen LogP contribution < -0.4 is 0 Å². The molecule has 0 spiro atoms. The molecule has 0 aromatic carbocycles. The van der Waals surface area contributed by atoms with Crippen LogP contribution in [0.15, 0.2) is 12.7 Å². The van der Waals surface area contributed by atoms with E-state index in [-0.39, 0.29) is 12.9 Å². The second kappa shape index (κ2) is 11.6. The lowest BCUT2D eigenvalue weighted by molar-refractivity contribution is -0.144. The minimum Gasteiger partial charge on any atom is -0.460 e. The van der Waals surface area contributed by atoms with Gasteiger partial charge in [0.25, 0.3) is 0 Å². The Morgan fingerprint density at radius 2 is 1.82 bits per heavy atom. The van der Waals surface area contributed by atoms with E-state index in [1.54, 1.807) is 0 Å². The number of ether oxygens (including phenoxy) is 4. The van der Waals surface area contributed by atoms with Gasteiger partial charge in [0.2, 0.25) is 0 Å². The van der Waals surface area contributed by atoms with Crippen LogP contribution in [-0.4, -0.2) is 45.3 Å². The largest absolute Gasteiger partial charge is 0.460 e. The van der Waals surface area contributed by atoms with E-state index < -0.39 is 5.97 Å². The van der Waals surface area contributed by atoms with Crippen molar-refractivity contribution in [3.05, 3.63) is 12.7 Å². The normalized spacial score (nSPS) is 12.1. The van der Waals surface area contributed by atoms with Crippen LogP contribution in [0.5, 0.6) is 0 Å². The van der Waals surface area contributed by atoms with Crippen molar-refractivity contribution in [2.75, 3.05) is 33.0 Å². The number of hydrogen-bond acceptors (Lipinski definition) is 5. The van der Waals surface area contributed by atoms with E-state index in [2.05, 4.69) is 6.58 Å². The molecule has 5 nitrogen and oxygen atoms in total. The molecule has 0 saturated heterocycles. The number of hydrogen-bond donors (Lipinski definition) is 0.